The van der Waals surface area contributed by atoms with Gasteiger partial charge < -0.3 is 9.47 Å². The standard InChI is InChI=1S/C16H20O3/c1-13(2)10-12-19-16-8-6-15(7-9-16)5-4-11-18-14(3)17/h4-10H,11-12H2,1-3H3/b5-4+. The lowest BCUT2D eigenvalue weighted by atomic mass is 10.2. The molecule has 0 spiro atoms. The van der Waals surface area contributed by atoms with Crippen LogP contribution in [0, 0.1) is 0 Å². The van der Waals surface area contributed by atoms with Gasteiger partial charge in [0.05, 0.1) is 0 Å². The second-order valence-corrected chi connectivity index (χ2v) is 4.37. The van der Waals surface area contributed by atoms with Crippen LogP contribution < -0.4 is 4.74 Å². The Balaban J connectivity index is 2.43. The Hall–Kier alpha value is -2.03. The van der Waals surface area contributed by atoms with Crippen molar-refractivity contribution in [3.8, 4) is 5.75 Å². The summed E-state index contributed by atoms with van der Waals surface area (Å²) in [5.74, 6) is 0.572. The molecule has 0 heterocycles. The van der Waals surface area contributed by atoms with E-state index in [1.165, 1.54) is 12.5 Å². The molecule has 0 N–H and O–H groups in total. The Bertz CT molecular complexity index is 451. The first-order valence-corrected chi connectivity index (χ1v) is 6.24. The molecule has 0 radical (unpaired) electrons. The fourth-order valence-corrected chi connectivity index (χ4v) is 1.33. The van der Waals surface area contributed by atoms with Gasteiger partial charge in [-0.25, -0.2) is 0 Å². The predicted molar refractivity (Wildman–Crippen MR) is 77.0 cm³/mol. The maximum absolute atomic E-state index is 10.6. The molecule has 19 heavy (non-hydrogen) atoms. The van der Waals surface area contributed by atoms with E-state index in [0.29, 0.717) is 13.2 Å². The average Bonchev–Trinajstić information content (AvgIpc) is 2.36. The maximum atomic E-state index is 10.6. The first-order valence-electron chi connectivity index (χ1n) is 6.24. The molecule has 0 amide bonds. The first-order chi connectivity index (χ1) is 9.08. The Morgan fingerprint density at radius 3 is 2.37 bits per heavy atom. The van der Waals surface area contributed by atoms with Gasteiger partial charge in [0.1, 0.15) is 19.0 Å². The summed E-state index contributed by atoms with van der Waals surface area (Å²) in [7, 11) is 0. The molecule has 1 rings (SSSR count). The zero-order valence-corrected chi connectivity index (χ0v) is 11.7. The van der Waals surface area contributed by atoms with Crippen LogP contribution in [0.5, 0.6) is 5.75 Å². The topological polar surface area (TPSA) is 35.5 Å². The quantitative estimate of drug-likeness (QED) is 0.579. The van der Waals surface area contributed by atoms with E-state index in [1.807, 2.05) is 50.3 Å². The van der Waals surface area contributed by atoms with E-state index in [9.17, 15) is 4.79 Å². The summed E-state index contributed by atoms with van der Waals surface area (Å²) in [6, 6.07) is 7.76. The molecule has 3 nitrogen and oxygen atoms in total. The molecule has 3 heteroatoms. The number of hydrogen-bond acceptors (Lipinski definition) is 3. The minimum Gasteiger partial charge on any atom is -0.490 e. The summed E-state index contributed by atoms with van der Waals surface area (Å²) in [4.78, 5) is 10.6. The van der Waals surface area contributed by atoms with Crippen LogP contribution in [0.2, 0.25) is 0 Å². The highest BCUT2D eigenvalue weighted by Gasteiger charge is 1.93. The molecule has 0 aliphatic heterocycles. The molecule has 0 aliphatic rings. The SMILES string of the molecule is CC(=O)OC/C=C/c1ccc(OCC=C(C)C)cc1. The van der Waals surface area contributed by atoms with Crippen molar-refractivity contribution < 1.29 is 14.3 Å². The zero-order valence-electron chi connectivity index (χ0n) is 11.7. The van der Waals surface area contributed by atoms with Gasteiger partial charge in [-0.1, -0.05) is 23.8 Å². The first kappa shape index (κ1) is 15.0. The number of rotatable bonds is 6. The molecule has 0 atom stereocenters. The molecule has 0 unspecified atom stereocenters. The highest BCUT2D eigenvalue weighted by Crippen LogP contribution is 2.13. The summed E-state index contributed by atoms with van der Waals surface area (Å²) in [6.45, 7) is 6.37. The van der Waals surface area contributed by atoms with Crippen molar-refractivity contribution in [2.24, 2.45) is 0 Å². The number of ether oxygens (including phenoxy) is 2. The van der Waals surface area contributed by atoms with Gasteiger partial charge in [-0.05, 0) is 43.7 Å². The van der Waals surface area contributed by atoms with E-state index in [0.717, 1.165) is 11.3 Å². The molecule has 1 aromatic rings. The molecular weight excluding hydrogens is 240 g/mol. The van der Waals surface area contributed by atoms with E-state index in [4.69, 9.17) is 9.47 Å². The van der Waals surface area contributed by atoms with Gasteiger partial charge >= 0.3 is 5.97 Å². The van der Waals surface area contributed by atoms with Crippen molar-refractivity contribution in [1.82, 2.24) is 0 Å². The monoisotopic (exact) mass is 260 g/mol. The lowest BCUT2D eigenvalue weighted by molar-refractivity contribution is -0.139. The Morgan fingerprint density at radius 2 is 1.79 bits per heavy atom. The van der Waals surface area contributed by atoms with Gasteiger partial charge in [0.15, 0.2) is 0 Å². The van der Waals surface area contributed by atoms with E-state index in [2.05, 4.69) is 0 Å². The predicted octanol–water partition coefficient (Wildman–Crippen LogP) is 3.61. The zero-order chi connectivity index (χ0) is 14.1. The second-order valence-electron chi connectivity index (χ2n) is 4.37. The van der Waals surface area contributed by atoms with E-state index in [-0.39, 0.29) is 5.97 Å². The Morgan fingerprint density at radius 1 is 1.11 bits per heavy atom. The van der Waals surface area contributed by atoms with E-state index >= 15 is 0 Å². The van der Waals surface area contributed by atoms with Crippen LogP contribution in [-0.4, -0.2) is 19.2 Å². The van der Waals surface area contributed by atoms with Gasteiger partial charge in [0, 0.05) is 6.92 Å². The van der Waals surface area contributed by atoms with Gasteiger partial charge in [0.2, 0.25) is 0 Å². The third kappa shape index (κ3) is 7.09. The lowest BCUT2D eigenvalue weighted by Crippen LogP contribution is -1.97. The number of benzene rings is 1. The van der Waals surface area contributed by atoms with Crippen LogP contribution >= 0.6 is 0 Å². The lowest BCUT2D eigenvalue weighted by Gasteiger charge is -2.03. The molecule has 0 bridgehead atoms. The summed E-state index contributed by atoms with van der Waals surface area (Å²) >= 11 is 0. The number of allylic oxidation sites excluding steroid dienone is 1. The third-order valence-corrected chi connectivity index (χ3v) is 2.31. The summed E-state index contributed by atoms with van der Waals surface area (Å²) in [5, 5.41) is 0. The van der Waals surface area contributed by atoms with Gasteiger partial charge in [-0.15, -0.1) is 0 Å². The largest absolute Gasteiger partial charge is 0.490 e. The minimum absolute atomic E-state index is 0.271. The number of esters is 1. The molecular formula is C16H20O3. The van der Waals surface area contributed by atoms with Gasteiger partial charge in [-0.3, -0.25) is 4.79 Å². The number of carbonyl (C=O) groups excluding carboxylic acids is 1. The Kier molecular flexibility index (Phi) is 6.44. The molecule has 102 valence electrons. The van der Waals surface area contributed by atoms with Crippen molar-refractivity contribution in [3.63, 3.8) is 0 Å². The molecule has 0 saturated carbocycles. The second kappa shape index (κ2) is 8.14. The highest BCUT2D eigenvalue weighted by atomic mass is 16.5. The summed E-state index contributed by atoms with van der Waals surface area (Å²) < 4.78 is 10.4. The molecule has 0 aliphatic carbocycles. The fourth-order valence-electron chi connectivity index (χ4n) is 1.33. The van der Waals surface area contributed by atoms with Crippen molar-refractivity contribution in [1.29, 1.82) is 0 Å². The Labute approximate surface area is 114 Å². The van der Waals surface area contributed by atoms with Crippen molar-refractivity contribution in [2.75, 3.05) is 13.2 Å². The highest BCUT2D eigenvalue weighted by molar-refractivity contribution is 5.66. The minimum atomic E-state index is -0.271. The van der Waals surface area contributed by atoms with Crippen LogP contribution in [0.25, 0.3) is 6.08 Å². The fraction of sp³-hybridized carbons (Fsp3) is 0.312. The van der Waals surface area contributed by atoms with E-state index < -0.39 is 0 Å². The van der Waals surface area contributed by atoms with Crippen LogP contribution in [0.1, 0.15) is 26.3 Å². The third-order valence-electron chi connectivity index (χ3n) is 2.31. The maximum Gasteiger partial charge on any atom is 0.302 e. The number of hydrogen-bond donors (Lipinski definition) is 0. The van der Waals surface area contributed by atoms with E-state index in [1.54, 1.807) is 6.08 Å². The molecule has 0 fully saturated rings. The van der Waals surface area contributed by atoms with Gasteiger partial charge in [0.25, 0.3) is 0 Å². The summed E-state index contributed by atoms with van der Waals surface area (Å²) in [6.07, 6.45) is 5.75. The van der Waals surface area contributed by atoms with Crippen molar-refractivity contribution in [3.05, 3.63) is 47.6 Å². The molecule has 0 saturated heterocycles. The summed E-state index contributed by atoms with van der Waals surface area (Å²) in [5.41, 5.74) is 2.28. The smallest absolute Gasteiger partial charge is 0.302 e. The average molecular weight is 260 g/mol. The molecule has 0 aromatic heterocycles. The van der Waals surface area contributed by atoms with Crippen molar-refractivity contribution >= 4 is 12.0 Å². The van der Waals surface area contributed by atoms with Crippen molar-refractivity contribution in [2.45, 2.75) is 20.8 Å². The molecule has 1 aromatic carbocycles. The normalized spacial score (nSPS) is 10.3. The van der Waals surface area contributed by atoms with Crippen LogP contribution in [0.15, 0.2) is 42.0 Å². The van der Waals surface area contributed by atoms with Crippen LogP contribution in [0.4, 0.5) is 0 Å². The van der Waals surface area contributed by atoms with Crippen LogP contribution in [0.3, 0.4) is 0 Å². The number of carbonyl (C=O) groups is 1. The van der Waals surface area contributed by atoms with Crippen LogP contribution in [-0.2, 0) is 9.53 Å². The van der Waals surface area contributed by atoms with Gasteiger partial charge in [-0.2, -0.15) is 0 Å².